The predicted molar refractivity (Wildman–Crippen MR) is 127 cm³/mol. The highest BCUT2D eigenvalue weighted by molar-refractivity contribution is 7.89. The van der Waals surface area contributed by atoms with Crippen LogP contribution in [0, 0.1) is 16.7 Å². The van der Waals surface area contributed by atoms with Gasteiger partial charge in [-0.2, -0.15) is 0 Å². The van der Waals surface area contributed by atoms with Gasteiger partial charge in [0.05, 0.1) is 5.75 Å². The lowest BCUT2D eigenvalue weighted by atomic mass is 9.70. The highest BCUT2D eigenvalue weighted by Crippen LogP contribution is 2.64. The van der Waals surface area contributed by atoms with Crippen LogP contribution in [0.4, 0.5) is 5.69 Å². The number of hydrogen-bond donors (Lipinski definition) is 3. The number of anilines is 1. The quantitative estimate of drug-likeness (QED) is 0.509. The van der Waals surface area contributed by atoms with Crippen LogP contribution in [0.1, 0.15) is 38.7 Å². The van der Waals surface area contributed by atoms with Crippen molar-refractivity contribution in [3.63, 3.8) is 0 Å². The second-order valence-corrected chi connectivity index (χ2v) is 11.7. The lowest BCUT2D eigenvalue weighted by Gasteiger charge is -2.36. The molecular weight excluding hydrogens is 440 g/mol. The number of Topliss-reactive ketones (excluding diaryl/α,β-unsaturated/α-hetero) is 1. The summed E-state index contributed by atoms with van der Waals surface area (Å²) in [4.78, 5) is 24.6. The van der Waals surface area contributed by atoms with Crippen molar-refractivity contribution in [2.24, 2.45) is 16.7 Å². The van der Waals surface area contributed by atoms with Gasteiger partial charge < -0.3 is 10.8 Å². The molecule has 4 rings (SSSR count). The molecule has 2 fully saturated rings. The summed E-state index contributed by atoms with van der Waals surface area (Å²) in [6.07, 6.45) is 1.77. The fraction of sp³-hybridized carbons (Fsp3) is 0.440. The maximum atomic E-state index is 13.0. The summed E-state index contributed by atoms with van der Waals surface area (Å²) in [5.41, 5.74) is 7.69. The van der Waals surface area contributed by atoms with Gasteiger partial charge in [0.25, 0.3) is 0 Å². The van der Waals surface area contributed by atoms with Gasteiger partial charge >= 0.3 is 5.97 Å². The van der Waals surface area contributed by atoms with Gasteiger partial charge in [-0.1, -0.05) is 50.2 Å². The van der Waals surface area contributed by atoms with E-state index >= 15 is 0 Å². The molecule has 2 bridgehead atoms. The number of nitrogens with one attached hydrogen (secondary N) is 1. The third-order valence-corrected chi connectivity index (χ3v) is 9.33. The highest BCUT2D eigenvalue weighted by Gasteiger charge is 2.65. The first-order chi connectivity index (χ1) is 15.4. The van der Waals surface area contributed by atoms with E-state index in [-0.39, 0.29) is 23.9 Å². The van der Waals surface area contributed by atoms with Crippen molar-refractivity contribution in [1.29, 1.82) is 0 Å². The van der Waals surface area contributed by atoms with Crippen LogP contribution in [0.2, 0.25) is 0 Å². The lowest BCUT2D eigenvalue weighted by molar-refractivity contribution is -0.138. The van der Waals surface area contributed by atoms with Gasteiger partial charge in [0, 0.05) is 17.5 Å². The molecule has 0 radical (unpaired) electrons. The van der Waals surface area contributed by atoms with Crippen molar-refractivity contribution in [3.05, 3.63) is 54.1 Å². The van der Waals surface area contributed by atoms with Gasteiger partial charge in [-0.15, -0.1) is 0 Å². The van der Waals surface area contributed by atoms with E-state index < -0.39 is 32.9 Å². The van der Waals surface area contributed by atoms with Crippen molar-refractivity contribution in [2.45, 2.75) is 45.6 Å². The number of rotatable bonds is 8. The molecule has 0 aliphatic heterocycles. The second-order valence-electron chi connectivity index (χ2n) is 9.96. The Kier molecular flexibility index (Phi) is 5.87. The third kappa shape index (κ3) is 4.29. The normalized spacial score (nSPS) is 24.7. The average Bonchev–Trinajstić information content (AvgIpc) is 3.07. The molecule has 0 spiro atoms. The number of fused-ring (bicyclic) bond motifs is 2. The third-order valence-electron chi connectivity index (χ3n) is 7.81. The van der Waals surface area contributed by atoms with Crippen LogP contribution >= 0.6 is 0 Å². The highest BCUT2D eigenvalue weighted by atomic mass is 32.2. The van der Waals surface area contributed by atoms with E-state index in [1.165, 1.54) is 0 Å². The Morgan fingerprint density at radius 3 is 2.42 bits per heavy atom. The lowest BCUT2D eigenvalue weighted by Crippen LogP contribution is -2.49. The molecule has 0 saturated heterocycles. The molecule has 0 heterocycles. The summed E-state index contributed by atoms with van der Waals surface area (Å²) in [6, 6.07) is 13.4. The van der Waals surface area contributed by atoms with Crippen LogP contribution in [-0.4, -0.2) is 37.1 Å². The predicted octanol–water partition coefficient (Wildman–Crippen LogP) is 3.25. The molecule has 2 unspecified atom stereocenters. The number of nitrogens with two attached hydrogens (primary N) is 1. The first-order valence-corrected chi connectivity index (χ1v) is 12.8. The SMILES string of the molecule is CC1(C)C2CCC1(CS(=O)(=O)N[C@@H](Cc1ccc(-c3cccc(N)c3)cc1)C(=O)O)C(=O)C2. The van der Waals surface area contributed by atoms with E-state index in [0.717, 1.165) is 17.5 Å². The number of carboxylic acid groups (broad SMARTS) is 1. The molecule has 2 aliphatic carbocycles. The summed E-state index contributed by atoms with van der Waals surface area (Å²) in [7, 11) is -4.00. The zero-order valence-corrected chi connectivity index (χ0v) is 19.7. The maximum Gasteiger partial charge on any atom is 0.322 e. The van der Waals surface area contributed by atoms with E-state index in [0.29, 0.717) is 24.1 Å². The number of carbonyl (C=O) groups is 2. The van der Waals surface area contributed by atoms with Crippen molar-refractivity contribution < 1.29 is 23.1 Å². The summed E-state index contributed by atoms with van der Waals surface area (Å²) in [6.45, 7) is 3.92. The Bertz CT molecular complexity index is 1190. The van der Waals surface area contributed by atoms with Gasteiger partial charge in [-0.25, -0.2) is 13.1 Å². The number of ketones is 1. The summed E-state index contributed by atoms with van der Waals surface area (Å²) in [5, 5.41) is 9.70. The molecule has 2 aromatic rings. The molecule has 3 atom stereocenters. The number of benzene rings is 2. The molecule has 0 aromatic heterocycles. The molecule has 8 heteroatoms. The Morgan fingerprint density at radius 1 is 1.18 bits per heavy atom. The largest absolute Gasteiger partial charge is 0.480 e. The molecular formula is C25H30N2O5S. The van der Waals surface area contributed by atoms with Crippen LogP contribution in [0.5, 0.6) is 0 Å². The monoisotopic (exact) mass is 470 g/mol. The van der Waals surface area contributed by atoms with Crippen LogP contribution in [0.3, 0.4) is 0 Å². The molecule has 2 saturated carbocycles. The number of sulfonamides is 1. The molecule has 2 aliphatic rings. The zero-order chi connectivity index (χ0) is 24.0. The van der Waals surface area contributed by atoms with Crippen molar-refractivity contribution in [1.82, 2.24) is 4.72 Å². The Balaban J connectivity index is 1.49. The fourth-order valence-electron chi connectivity index (χ4n) is 5.66. The molecule has 176 valence electrons. The van der Waals surface area contributed by atoms with Crippen molar-refractivity contribution in [3.8, 4) is 11.1 Å². The number of carboxylic acids is 1. The van der Waals surface area contributed by atoms with Gasteiger partial charge in [0.2, 0.25) is 10.0 Å². The van der Waals surface area contributed by atoms with Crippen LogP contribution < -0.4 is 10.5 Å². The fourth-order valence-corrected chi connectivity index (χ4v) is 7.68. The van der Waals surface area contributed by atoms with Gasteiger partial charge in [-0.05, 0) is 59.4 Å². The summed E-state index contributed by atoms with van der Waals surface area (Å²) >= 11 is 0. The standard InChI is InChI=1S/C25H30N2O5S/c1-24(2)19-10-11-25(24,22(28)14-19)15-33(31,32)27-21(23(29)30)12-16-6-8-17(9-7-16)18-4-3-5-20(26)13-18/h3-9,13,19,21,27H,10-12,14-15,26H2,1-2H3,(H,29,30)/t19?,21-,25?/m0/s1. The minimum atomic E-state index is -4.00. The second kappa shape index (κ2) is 8.25. The first-order valence-electron chi connectivity index (χ1n) is 11.1. The molecule has 33 heavy (non-hydrogen) atoms. The minimum absolute atomic E-state index is 0.00125. The van der Waals surface area contributed by atoms with E-state index in [1.54, 1.807) is 18.2 Å². The number of carbonyl (C=O) groups excluding carboxylic acids is 1. The van der Waals surface area contributed by atoms with E-state index in [1.807, 2.05) is 44.2 Å². The van der Waals surface area contributed by atoms with E-state index in [4.69, 9.17) is 5.73 Å². The Labute approximate surface area is 194 Å². The number of hydrogen-bond acceptors (Lipinski definition) is 5. The van der Waals surface area contributed by atoms with Gasteiger partial charge in [-0.3, -0.25) is 9.59 Å². The molecule has 4 N–H and O–H groups in total. The zero-order valence-electron chi connectivity index (χ0n) is 18.9. The Hall–Kier alpha value is -2.71. The van der Waals surface area contributed by atoms with Crippen LogP contribution in [0.25, 0.3) is 11.1 Å². The van der Waals surface area contributed by atoms with E-state index in [9.17, 15) is 23.1 Å². The number of nitrogen functional groups attached to an aromatic ring is 1. The minimum Gasteiger partial charge on any atom is -0.480 e. The van der Waals surface area contributed by atoms with Crippen molar-refractivity contribution in [2.75, 3.05) is 11.5 Å². The summed E-state index contributed by atoms with van der Waals surface area (Å²) in [5.74, 6) is -1.44. The van der Waals surface area contributed by atoms with Gasteiger partial charge in [0.1, 0.15) is 11.8 Å². The molecule has 2 aromatic carbocycles. The molecule has 0 amide bonds. The van der Waals surface area contributed by atoms with Crippen molar-refractivity contribution >= 4 is 27.5 Å². The Morgan fingerprint density at radius 2 is 1.88 bits per heavy atom. The first kappa shape index (κ1) is 23.4. The van der Waals surface area contributed by atoms with Gasteiger partial charge in [0.15, 0.2) is 0 Å². The van der Waals surface area contributed by atoms with Crippen LogP contribution in [0.15, 0.2) is 48.5 Å². The average molecular weight is 471 g/mol. The van der Waals surface area contributed by atoms with Crippen LogP contribution in [-0.2, 0) is 26.0 Å². The topological polar surface area (TPSA) is 127 Å². The smallest absolute Gasteiger partial charge is 0.322 e. The summed E-state index contributed by atoms with van der Waals surface area (Å²) < 4.78 is 28.4. The molecule has 7 nitrogen and oxygen atoms in total. The number of aliphatic carboxylic acids is 1. The van der Waals surface area contributed by atoms with E-state index in [2.05, 4.69) is 4.72 Å². The maximum absolute atomic E-state index is 13.0.